The standard InChI is InChI=1S/C29H40FIN7O6/c1-14(2)22(36-28(43)24(31-15(3)4)37-25(40)20-11-32-9-10-33-20)29(44)38-13-18-17(7-8-19(18)30)23(38)27(42)34-12-21(39)26(41)35-16-5-6-16/h9-11,14-19,22-24H,5-8,12-13H2,1-4H3,(H,34,42)(H,35,41)(H,36,43)(H,37,40)/q-1/t17-,18-,19-,22?,23-,24-/m0/s1. The Labute approximate surface area is 265 Å². The van der Waals surface area contributed by atoms with Crippen LogP contribution in [0, 0.1) is 17.8 Å². The van der Waals surface area contributed by atoms with Gasteiger partial charge in [-0.05, 0) is 12.8 Å². The Morgan fingerprint density at radius 2 is 1.73 bits per heavy atom. The molecule has 1 aromatic rings. The van der Waals surface area contributed by atoms with Crippen molar-refractivity contribution in [2.24, 2.45) is 17.8 Å². The molecular formula is C29H40FIN7O6-. The first kappa shape index (κ1) is 33.6. The predicted octanol–water partition coefficient (Wildman–Crippen LogP) is -3.29. The fourth-order valence-corrected chi connectivity index (χ4v) is 8.01. The molecule has 3 aliphatic rings. The van der Waals surface area contributed by atoms with Gasteiger partial charge in [-0.25, -0.2) is 0 Å². The number of nitrogens with zero attached hydrogens (tertiary/aromatic N) is 3. The number of aromatic nitrogens is 2. The van der Waals surface area contributed by atoms with Crippen LogP contribution in [0.25, 0.3) is 0 Å². The first-order valence-corrected chi connectivity index (χ1v) is 17.4. The van der Waals surface area contributed by atoms with Crippen LogP contribution in [0.1, 0.15) is 63.9 Å². The van der Waals surface area contributed by atoms with Crippen LogP contribution in [-0.4, -0.2) is 95.5 Å². The number of carbonyl (C=O) groups excluding carboxylic acids is 6. The minimum atomic E-state index is -1.19. The number of nitrogens with one attached hydrogen (secondary N) is 4. The van der Waals surface area contributed by atoms with Crippen LogP contribution in [-0.2, 0) is 24.0 Å². The molecule has 44 heavy (non-hydrogen) atoms. The van der Waals surface area contributed by atoms with Crippen LogP contribution in [0.15, 0.2) is 18.6 Å². The second-order valence-electron chi connectivity index (χ2n) is 12.0. The van der Waals surface area contributed by atoms with Gasteiger partial charge >= 0.3 is 238 Å². The molecule has 2 aliphatic carbocycles. The third-order valence-electron chi connectivity index (χ3n) is 7.97. The van der Waals surface area contributed by atoms with Crippen LogP contribution in [0.5, 0.6) is 0 Å². The molecule has 13 nitrogen and oxygen atoms in total. The Bertz CT molecular complexity index is 1260. The number of halogens is 2. The van der Waals surface area contributed by atoms with Crippen molar-refractivity contribution in [1.29, 1.82) is 0 Å². The van der Waals surface area contributed by atoms with Crippen molar-refractivity contribution < 1.29 is 54.4 Å². The number of rotatable bonds is 13. The molecule has 0 bridgehead atoms. The monoisotopic (exact) mass is 728 g/mol. The summed E-state index contributed by atoms with van der Waals surface area (Å²) < 4.78 is 14.1. The molecule has 0 radical (unpaired) electrons. The Hall–Kier alpha value is -3.24. The number of Topliss-reactive ketones (excluding diaryl/α,β-unsaturated/α-hetero) is 1. The topological polar surface area (TPSA) is 180 Å². The molecule has 15 heteroatoms. The maximum atomic E-state index is 14.9. The van der Waals surface area contributed by atoms with Crippen molar-refractivity contribution in [2.45, 2.75) is 85.6 Å². The first-order valence-electron chi connectivity index (χ1n) is 14.9. The molecule has 5 amide bonds. The molecule has 4 N–H and O–H groups in total. The Kier molecular flexibility index (Phi) is 11.2. The number of fused-ring (bicyclic) bond motifs is 1. The third-order valence-corrected chi connectivity index (χ3v) is 11.0. The average molecular weight is 729 g/mol. The van der Waals surface area contributed by atoms with Gasteiger partial charge in [0.2, 0.25) is 0 Å². The van der Waals surface area contributed by atoms with E-state index in [1.165, 1.54) is 23.5 Å². The van der Waals surface area contributed by atoms with Gasteiger partial charge in [-0.1, -0.05) is 0 Å². The zero-order valence-electron chi connectivity index (χ0n) is 25.2. The SMILES string of the molecule is CC(C)[I-][C@@H](NC(=O)c1cnccn1)C(=O)NC(C(=O)N1C[C@H]2[C@H](CC[C@@H]2F)[C@H]1C(=O)NCC(=O)C(=O)NC1CC1)C(C)C. The molecule has 242 valence electrons. The Morgan fingerprint density at radius 1 is 1.00 bits per heavy atom. The fourth-order valence-electron chi connectivity index (χ4n) is 5.60. The maximum absolute atomic E-state index is 14.9. The molecule has 6 atom stereocenters. The quantitative estimate of drug-likeness (QED) is 0.0707. The summed E-state index contributed by atoms with van der Waals surface area (Å²) in [7, 11) is 0. The van der Waals surface area contributed by atoms with Gasteiger partial charge in [-0.15, -0.1) is 0 Å². The van der Waals surface area contributed by atoms with E-state index < -0.39 is 103 Å². The van der Waals surface area contributed by atoms with E-state index in [4.69, 9.17) is 0 Å². The molecule has 1 aliphatic heterocycles. The first-order chi connectivity index (χ1) is 20.9. The number of amides is 5. The van der Waals surface area contributed by atoms with E-state index in [0.29, 0.717) is 6.42 Å². The number of hydrogen-bond donors (Lipinski definition) is 4. The summed E-state index contributed by atoms with van der Waals surface area (Å²) >= 11 is -0.898. The number of ketones is 1. The molecule has 2 heterocycles. The minimum absolute atomic E-state index is 0.0102. The van der Waals surface area contributed by atoms with Crippen molar-refractivity contribution in [2.75, 3.05) is 13.1 Å². The van der Waals surface area contributed by atoms with E-state index >= 15 is 0 Å². The third kappa shape index (κ3) is 8.27. The number of hydrogen-bond acceptors (Lipinski definition) is 8. The zero-order chi connectivity index (χ0) is 32.1. The molecule has 4 rings (SSSR count). The summed E-state index contributed by atoms with van der Waals surface area (Å²) in [5.41, 5.74) is 0.0521. The molecule has 0 spiro atoms. The second-order valence-corrected chi connectivity index (χ2v) is 16.5. The predicted molar refractivity (Wildman–Crippen MR) is 151 cm³/mol. The van der Waals surface area contributed by atoms with Crippen molar-refractivity contribution in [1.82, 2.24) is 36.1 Å². The van der Waals surface area contributed by atoms with E-state index in [1.807, 2.05) is 13.8 Å². The Balaban J connectivity index is 1.48. The van der Waals surface area contributed by atoms with Gasteiger partial charge in [0.05, 0.1) is 0 Å². The summed E-state index contributed by atoms with van der Waals surface area (Å²) in [4.78, 5) is 87.3. The number of alkyl halides is 3. The van der Waals surface area contributed by atoms with Crippen LogP contribution in [0.4, 0.5) is 4.39 Å². The van der Waals surface area contributed by atoms with Crippen LogP contribution < -0.4 is 42.5 Å². The van der Waals surface area contributed by atoms with E-state index in [2.05, 4.69) is 31.2 Å². The van der Waals surface area contributed by atoms with E-state index in [0.717, 1.165) is 12.8 Å². The zero-order valence-corrected chi connectivity index (χ0v) is 27.4. The van der Waals surface area contributed by atoms with E-state index in [-0.39, 0.29) is 28.6 Å². The van der Waals surface area contributed by atoms with Gasteiger partial charge < -0.3 is 5.32 Å². The summed E-state index contributed by atoms with van der Waals surface area (Å²) in [6.45, 7) is 6.82. The Morgan fingerprint density at radius 3 is 2.34 bits per heavy atom. The number of carbonyl (C=O) groups is 6. The van der Waals surface area contributed by atoms with Crippen LogP contribution in [0.2, 0.25) is 0 Å². The molecule has 1 unspecified atom stereocenters. The van der Waals surface area contributed by atoms with E-state index in [1.54, 1.807) is 13.8 Å². The van der Waals surface area contributed by atoms with Crippen LogP contribution in [0.3, 0.4) is 0 Å². The molecule has 0 aromatic carbocycles. The van der Waals surface area contributed by atoms with Crippen LogP contribution >= 0.6 is 0 Å². The van der Waals surface area contributed by atoms with Gasteiger partial charge in [0.1, 0.15) is 0 Å². The van der Waals surface area contributed by atoms with Gasteiger partial charge in [0.25, 0.3) is 0 Å². The normalized spacial score (nSPS) is 24.0. The fraction of sp³-hybridized carbons (Fsp3) is 0.655. The molecule has 1 aromatic heterocycles. The average Bonchev–Trinajstić information content (AvgIpc) is 3.61. The molecule has 1 saturated heterocycles. The van der Waals surface area contributed by atoms with Gasteiger partial charge in [-0.3, -0.25) is 4.79 Å². The van der Waals surface area contributed by atoms with Crippen molar-refractivity contribution in [3.8, 4) is 0 Å². The van der Waals surface area contributed by atoms with Gasteiger partial charge in [0.15, 0.2) is 0 Å². The van der Waals surface area contributed by atoms with Crippen molar-refractivity contribution in [3.05, 3.63) is 24.3 Å². The molecule has 2 saturated carbocycles. The second kappa shape index (κ2) is 14.7. The summed E-state index contributed by atoms with van der Waals surface area (Å²) in [5.74, 6) is -5.29. The number of likely N-dealkylation sites (tertiary alicyclic amines) is 1. The van der Waals surface area contributed by atoms with Gasteiger partial charge in [-0.2, -0.15) is 0 Å². The van der Waals surface area contributed by atoms with Crippen molar-refractivity contribution >= 4 is 35.3 Å². The molecular weight excluding hydrogens is 688 g/mol. The van der Waals surface area contributed by atoms with Crippen molar-refractivity contribution in [3.63, 3.8) is 0 Å². The molecule has 3 fully saturated rings. The summed E-state index contributed by atoms with van der Waals surface area (Å²) in [6, 6.07) is -2.13. The summed E-state index contributed by atoms with van der Waals surface area (Å²) in [5, 5.41) is 10.6. The van der Waals surface area contributed by atoms with Gasteiger partial charge in [0, 0.05) is 6.04 Å². The van der Waals surface area contributed by atoms with E-state index in [9.17, 15) is 33.2 Å². The summed E-state index contributed by atoms with van der Waals surface area (Å²) in [6.07, 6.45) is 5.16.